The molecule has 1 N–H and O–H groups in total. The standard InChI is InChI=1S/C16H26N2O2/c1-13(2)10-17-11-15-9-16(3-6-18-15)20-12-14-4-7-19-8-5-14/h3,6,9,13-14,17H,4-5,7-8,10-12H2,1-2H3. The number of nitrogens with zero attached hydrogens (tertiary/aromatic N) is 1. The third-order valence-corrected chi connectivity index (χ3v) is 3.47. The van der Waals surface area contributed by atoms with E-state index >= 15 is 0 Å². The average molecular weight is 278 g/mol. The molecule has 0 spiro atoms. The van der Waals surface area contributed by atoms with Gasteiger partial charge >= 0.3 is 0 Å². The molecule has 0 atom stereocenters. The molecule has 112 valence electrons. The fourth-order valence-electron chi connectivity index (χ4n) is 2.26. The first kappa shape index (κ1) is 15.3. The molecule has 0 aromatic carbocycles. The Morgan fingerprint density at radius 2 is 2.20 bits per heavy atom. The highest BCUT2D eigenvalue weighted by atomic mass is 16.5. The summed E-state index contributed by atoms with van der Waals surface area (Å²) in [6.07, 6.45) is 4.04. The van der Waals surface area contributed by atoms with E-state index in [2.05, 4.69) is 24.1 Å². The van der Waals surface area contributed by atoms with Crippen molar-refractivity contribution in [3.05, 3.63) is 24.0 Å². The van der Waals surface area contributed by atoms with Crippen molar-refractivity contribution in [2.75, 3.05) is 26.4 Å². The van der Waals surface area contributed by atoms with Crippen LogP contribution in [-0.4, -0.2) is 31.3 Å². The normalized spacial score (nSPS) is 16.6. The third-order valence-electron chi connectivity index (χ3n) is 3.47. The number of hydrogen-bond acceptors (Lipinski definition) is 4. The quantitative estimate of drug-likeness (QED) is 0.832. The van der Waals surface area contributed by atoms with Crippen molar-refractivity contribution in [1.82, 2.24) is 10.3 Å². The van der Waals surface area contributed by atoms with Gasteiger partial charge in [-0.25, -0.2) is 0 Å². The van der Waals surface area contributed by atoms with Crippen molar-refractivity contribution < 1.29 is 9.47 Å². The van der Waals surface area contributed by atoms with Crippen LogP contribution in [0.2, 0.25) is 0 Å². The van der Waals surface area contributed by atoms with Crippen LogP contribution in [0.4, 0.5) is 0 Å². The molecule has 0 saturated carbocycles. The predicted octanol–water partition coefficient (Wildman–Crippen LogP) is 2.63. The first-order valence-corrected chi connectivity index (χ1v) is 7.60. The van der Waals surface area contributed by atoms with E-state index in [-0.39, 0.29) is 0 Å². The predicted molar refractivity (Wildman–Crippen MR) is 79.8 cm³/mol. The molecular weight excluding hydrogens is 252 g/mol. The summed E-state index contributed by atoms with van der Waals surface area (Å²) in [5.74, 6) is 2.20. The summed E-state index contributed by atoms with van der Waals surface area (Å²) < 4.78 is 11.3. The number of rotatable bonds is 7. The zero-order chi connectivity index (χ0) is 14.2. The average Bonchev–Trinajstić information content (AvgIpc) is 2.46. The molecule has 0 unspecified atom stereocenters. The number of aromatic nitrogens is 1. The first-order valence-electron chi connectivity index (χ1n) is 7.60. The molecule has 1 aliphatic heterocycles. The summed E-state index contributed by atoms with van der Waals surface area (Å²) in [5.41, 5.74) is 1.04. The lowest BCUT2D eigenvalue weighted by atomic mass is 10.0. The van der Waals surface area contributed by atoms with Crippen LogP contribution in [0.5, 0.6) is 5.75 Å². The monoisotopic (exact) mass is 278 g/mol. The second-order valence-electron chi connectivity index (χ2n) is 5.87. The van der Waals surface area contributed by atoms with Crippen LogP contribution in [0.15, 0.2) is 18.3 Å². The minimum absolute atomic E-state index is 0.624. The van der Waals surface area contributed by atoms with E-state index < -0.39 is 0 Å². The second-order valence-corrected chi connectivity index (χ2v) is 5.87. The summed E-state index contributed by atoms with van der Waals surface area (Å²) >= 11 is 0. The van der Waals surface area contributed by atoms with Crippen LogP contribution >= 0.6 is 0 Å². The largest absolute Gasteiger partial charge is 0.493 e. The Kier molecular flexibility index (Phi) is 6.27. The van der Waals surface area contributed by atoms with Crippen LogP contribution < -0.4 is 10.1 Å². The molecule has 1 aromatic rings. The van der Waals surface area contributed by atoms with Gasteiger partial charge in [0.15, 0.2) is 0 Å². The van der Waals surface area contributed by atoms with Crippen molar-refractivity contribution in [2.24, 2.45) is 11.8 Å². The summed E-state index contributed by atoms with van der Waals surface area (Å²) in [5, 5.41) is 3.40. The van der Waals surface area contributed by atoms with Gasteiger partial charge in [0, 0.05) is 32.0 Å². The van der Waals surface area contributed by atoms with Crippen molar-refractivity contribution in [1.29, 1.82) is 0 Å². The number of pyridine rings is 1. The van der Waals surface area contributed by atoms with E-state index in [9.17, 15) is 0 Å². The lowest BCUT2D eigenvalue weighted by Crippen LogP contribution is -2.21. The topological polar surface area (TPSA) is 43.4 Å². The molecule has 4 nitrogen and oxygen atoms in total. The zero-order valence-electron chi connectivity index (χ0n) is 12.6. The molecule has 1 saturated heterocycles. The fourth-order valence-corrected chi connectivity index (χ4v) is 2.26. The van der Waals surface area contributed by atoms with Gasteiger partial charge < -0.3 is 14.8 Å². The molecular formula is C16H26N2O2. The van der Waals surface area contributed by atoms with Gasteiger partial charge in [-0.3, -0.25) is 4.98 Å². The highest BCUT2D eigenvalue weighted by Gasteiger charge is 2.14. The number of hydrogen-bond donors (Lipinski definition) is 1. The van der Waals surface area contributed by atoms with E-state index in [4.69, 9.17) is 9.47 Å². The van der Waals surface area contributed by atoms with Crippen molar-refractivity contribution in [2.45, 2.75) is 33.2 Å². The Hall–Kier alpha value is -1.13. The van der Waals surface area contributed by atoms with Gasteiger partial charge in [-0.1, -0.05) is 13.8 Å². The first-order chi connectivity index (χ1) is 9.74. The second kappa shape index (κ2) is 8.22. The molecule has 4 heteroatoms. The summed E-state index contributed by atoms with van der Waals surface area (Å²) in [6, 6.07) is 3.97. The molecule has 1 aromatic heterocycles. The maximum Gasteiger partial charge on any atom is 0.122 e. The van der Waals surface area contributed by atoms with Crippen molar-refractivity contribution in [3.63, 3.8) is 0 Å². The van der Waals surface area contributed by atoms with Gasteiger partial charge in [-0.15, -0.1) is 0 Å². The van der Waals surface area contributed by atoms with Crippen LogP contribution in [0.1, 0.15) is 32.4 Å². The Bertz CT molecular complexity index is 390. The lowest BCUT2D eigenvalue weighted by Gasteiger charge is -2.22. The van der Waals surface area contributed by atoms with E-state index in [1.165, 1.54) is 0 Å². The maximum atomic E-state index is 5.89. The SMILES string of the molecule is CC(C)CNCc1cc(OCC2CCOCC2)ccn1. The Labute approximate surface area is 121 Å². The third kappa shape index (κ3) is 5.47. The van der Waals surface area contributed by atoms with Crippen molar-refractivity contribution in [3.8, 4) is 5.75 Å². The molecule has 1 aliphatic rings. The van der Waals surface area contributed by atoms with Gasteiger partial charge in [0.2, 0.25) is 0 Å². The minimum Gasteiger partial charge on any atom is -0.493 e. The number of nitrogens with one attached hydrogen (secondary N) is 1. The maximum absolute atomic E-state index is 5.89. The lowest BCUT2D eigenvalue weighted by molar-refractivity contribution is 0.0497. The van der Waals surface area contributed by atoms with Gasteiger partial charge in [-0.2, -0.15) is 0 Å². The summed E-state index contributed by atoms with van der Waals surface area (Å²) in [4.78, 5) is 4.37. The van der Waals surface area contributed by atoms with Crippen LogP contribution in [0.3, 0.4) is 0 Å². The molecule has 0 amide bonds. The summed E-state index contributed by atoms with van der Waals surface area (Å²) in [7, 11) is 0. The minimum atomic E-state index is 0.624. The highest BCUT2D eigenvalue weighted by molar-refractivity contribution is 5.22. The molecule has 0 aliphatic carbocycles. The van der Waals surface area contributed by atoms with Crippen LogP contribution in [0.25, 0.3) is 0 Å². The number of ether oxygens (including phenoxy) is 2. The van der Waals surface area contributed by atoms with E-state index in [0.29, 0.717) is 11.8 Å². The molecule has 2 rings (SSSR count). The Balaban J connectivity index is 1.76. The van der Waals surface area contributed by atoms with Gasteiger partial charge in [0.25, 0.3) is 0 Å². The molecule has 0 radical (unpaired) electrons. The van der Waals surface area contributed by atoms with E-state index in [1.54, 1.807) is 0 Å². The zero-order valence-corrected chi connectivity index (χ0v) is 12.6. The smallest absolute Gasteiger partial charge is 0.122 e. The van der Waals surface area contributed by atoms with E-state index in [0.717, 1.165) is 57.2 Å². The molecule has 2 heterocycles. The van der Waals surface area contributed by atoms with Crippen LogP contribution in [-0.2, 0) is 11.3 Å². The summed E-state index contributed by atoms with van der Waals surface area (Å²) in [6.45, 7) is 8.74. The van der Waals surface area contributed by atoms with Crippen LogP contribution in [0, 0.1) is 11.8 Å². The van der Waals surface area contributed by atoms with Gasteiger partial charge in [0.1, 0.15) is 5.75 Å². The van der Waals surface area contributed by atoms with Crippen molar-refractivity contribution >= 4 is 0 Å². The van der Waals surface area contributed by atoms with Gasteiger partial charge in [0.05, 0.1) is 12.3 Å². The Morgan fingerprint density at radius 3 is 2.95 bits per heavy atom. The highest BCUT2D eigenvalue weighted by Crippen LogP contribution is 2.18. The molecule has 0 bridgehead atoms. The van der Waals surface area contributed by atoms with Gasteiger partial charge in [-0.05, 0) is 37.3 Å². The fraction of sp³-hybridized carbons (Fsp3) is 0.688. The molecule has 1 fully saturated rings. The van der Waals surface area contributed by atoms with E-state index in [1.807, 2.05) is 18.3 Å². The Morgan fingerprint density at radius 1 is 1.40 bits per heavy atom. The molecule has 20 heavy (non-hydrogen) atoms.